The van der Waals surface area contributed by atoms with Crippen LogP contribution in [0.2, 0.25) is 5.15 Å². The van der Waals surface area contributed by atoms with Gasteiger partial charge in [-0.15, -0.1) is 0 Å². The first kappa shape index (κ1) is 14.3. The Morgan fingerprint density at radius 1 is 1.47 bits per heavy atom. The van der Waals surface area contributed by atoms with Gasteiger partial charge in [-0.25, -0.2) is 0 Å². The van der Waals surface area contributed by atoms with Crippen LogP contribution in [-0.4, -0.2) is 29.0 Å². The van der Waals surface area contributed by atoms with E-state index in [1.807, 2.05) is 0 Å². The van der Waals surface area contributed by atoms with Crippen LogP contribution in [0.4, 0.5) is 13.2 Å². The molecule has 0 saturated carbocycles. The van der Waals surface area contributed by atoms with Gasteiger partial charge in [0.1, 0.15) is 5.15 Å². The zero-order valence-corrected chi connectivity index (χ0v) is 10.7. The van der Waals surface area contributed by atoms with Crippen molar-refractivity contribution in [1.82, 2.24) is 15.1 Å². The summed E-state index contributed by atoms with van der Waals surface area (Å²) in [5, 5.41) is 7.12. The molecule has 0 amide bonds. The van der Waals surface area contributed by atoms with Gasteiger partial charge in [0.25, 0.3) is 0 Å². The van der Waals surface area contributed by atoms with Crippen LogP contribution in [0.1, 0.15) is 17.7 Å². The fourth-order valence-electron chi connectivity index (χ4n) is 1.71. The smallest absolute Gasteiger partial charge is 0.316 e. The van der Waals surface area contributed by atoms with Crippen molar-refractivity contribution >= 4 is 11.6 Å². The first-order valence-electron chi connectivity index (χ1n) is 5.16. The molecule has 1 unspecified atom stereocenters. The number of hydrogen-bond acceptors (Lipinski definition) is 2. The van der Waals surface area contributed by atoms with Gasteiger partial charge in [-0.3, -0.25) is 4.68 Å². The quantitative estimate of drug-likeness (QED) is 0.910. The third-order valence-corrected chi connectivity index (χ3v) is 3.08. The van der Waals surface area contributed by atoms with E-state index >= 15 is 0 Å². The maximum absolute atomic E-state index is 12.3. The highest BCUT2D eigenvalue weighted by atomic mass is 35.5. The highest BCUT2D eigenvalue weighted by Gasteiger charge is 2.32. The zero-order chi connectivity index (χ0) is 13.2. The van der Waals surface area contributed by atoms with Crippen molar-refractivity contribution in [2.24, 2.45) is 7.05 Å². The summed E-state index contributed by atoms with van der Waals surface area (Å²) in [6.07, 6.45) is -4.85. The van der Waals surface area contributed by atoms with Gasteiger partial charge in [-0.2, -0.15) is 18.3 Å². The summed E-state index contributed by atoms with van der Waals surface area (Å²) in [5.74, 6) is 0. The van der Waals surface area contributed by atoms with E-state index in [1.54, 1.807) is 14.0 Å². The number of hydrogen-bond donors (Lipinski definition) is 1. The summed E-state index contributed by atoms with van der Waals surface area (Å²) in [6, 6.07) is -0.685. The second-order valence-electron chi connectivity index (χ2n) is 3.99. The summed E-state index contributed by atoms with van der Waals surface area (Å²) in [5.41, 5.74) is 1.33. The molecule has 1 aromatic rings. The Kier molecular flexibility index (Phi) is 4.43. The van der Waals surface area contributed by atoms with Gasteiger partial charge in [0, 0.05) is 18.7 Å². The van der Waals surface area contributed by atoms with E-state index in [9.17, 15) is 13.2 Å². The zero-order valence-electron chi connectivity index (χ0n) is 9.90. The lowest BCUT2D eigenvalue weighted by molar-refractivity contribution is -0.139. The molecule has 0 radical (unpaired) electrons. The molecule has 0 aromatic carbocycles. The Morgan fingerprint density at radius 2 is 2.06 bits per heavy atom. The molecule has 7 heteroatoms. The Hall–Kier alpha value is -0.750. The van der Waals surface area contributed by atoms with Crippen molar-refractivity contribution < 1.29 is 13.2 Å². The first-order valence-corrected chi connectivity index (χ1v) is 5.54. The second-order valence-corrected chi connectivity index (χ2v) is 4.35. The van der Waals surface area contributed by atoms with Gasteiger partial charge in [-0.05, 0) is 20.4 Å². The van der Waals surface area contributed by atoms with Crippen molar-refractivity contribution in [1.29, 1.82) is 0 Å². The van der Waals surface area contributed by atoms with E-state index in [2.05, 4.69) is 10.4 Å². The van der Waals surface area contributed by atoms with Gasteiger partial charge < -0.3 is 5.32 Å². The number of nitrogens with zero attached hydrogens (tertiary/aromatic N) is 2. The Morgan fingerprint density at radius 3 is 2.41 bits per heavy atom. The van der Waals surface area contributed by atoms with E-state index in [-0.39, 0.29) is 6.42 Å². The van der Waals surface area contributed by atoms with Gasteiger partial charge in [0.05, 0.1) is 12.1 Å². The largest absolute Gasteiger partial charge is 0.390 e. The van der Waals surface area contributed by atoms with Crippen LogP contribution in [0.5, 0.6) is 0 Å². The molecule has 0 aliphatic carbocycles. The Bertz CT molecular complexity index is 387. The molecule has 0 aliphatic rings. The van der Waals surface area contributed by atoms with Crippen LogP contribution in [0, 0.1) is 6.92 Å². The predicted molar refractivity (Wildman–Crippen MR) is 60.2 cm³/mol. The van der Waals surface area contributed by atoms with E-state index in [1.165, 1.54) is 11.7 Å². The lowest BCUT2D eigenvalue weighted by Crippen LogP contribution is -2.33. The van der Waals surface area contributed by atoms with Crippen LogP contribution >= 0.6 is 11.6 Å². The summed E-state index contributed by atoms with van der Waals surface area (Å²) < 4.78 is 38.4. The third kappa shape index (κ3) is 3.89. The summed E-state index contributed by atoms with van der Waals surface area (Å²) in [6.45, 7) is 1.74. The van der Waals surface area contributed by atoms with E-state index in [4.69, 9.17) is 11.6 Å². The molecule has 98 valence electrons. The minimum atomic E-state index is -4.18. The molecular weight excluding hydrogens is 255 g/mol. The molecule has 0 bridgehead atoms. The Balaban J connectivity index is 2.81. The van der Waals surface area contributed by atoms with Crippen molar-refractivity contribution in [2.75, 3.05) is 7.05 Å². The summed E-state index contributed by atoms with van der Waals surface area (Å²) in [7, 11) is 3.17. The molecule has 3 nitrogen and oxygen atoms in total. The number of aryl methyl sites for hydroxylation is 2. The fraction of sp³-hybridized carbons (Fsp3) is 0.700. The van der Waals surface area contributed by atoms with Crippen LogP contribution in [0.3, 0.4) is 0 Å². The first-order chi connectivity index (χ1) is 7.74. The van der Waals surface area contributed by atoms with Crippen molar-refractivity contribution in [3.63, 3.8) is 0 Å². The summed E-state index contributed by atoms with van der Waals surface area (Å²) in [4.78, 5) is 0. The maximum Gasteiger partial charge on any atom is 0.390 e. The minimum absolute atomic E-state index is 0.217. The van der Waals surface area contributed by atoms with E-state index < -0.39 is 18.6 Å². The molecule has 0 spiro atoms. The number of alkyl halides is 3. The van der Waals surface area contributed by atoms with Crippen LogP contribution in [-0.2, 0) is 13.5 Å². The van der Waals surface area contributed by atoms with Gasteiger partial charge >= 0.3 is 6.18 Å². The highest BCUT2D eigenvalue weighted by molar-refractivity contribution is 6.30. The van der Waals surface area contributed by atoms with Crippen LogP contribution in [0.25, 0.3) is 0 Å². The number of nitrogens with one attached hydrogen (secondary N) is 1. The number of aromatic nitrogens is 2. The van der Waals surface area contributed by atoms with Crippen LogP contribution in [0.15, 0.2) is 0 Å². The third-order valence-electron chi connectivity index (χ3n) is 2.61. The molecule has 1 rings (SSSR count). The molecule has 1 heterocycles. The molecule has 1 atom stereocenters. The molecule has 0 saturated heterocycles. The highest BCUT2D eigenvalue weighted by Crippen LogP contribution is 2.26. The van der Waals surface area contributed by atoms with Crippen molar-refractivity contribution in [2.45, 2.75) is 32.0 Å². The topological polar surface area (TPSA) is 29.9 Å². The van der Waals surface area contributed by atoms with Crippen molar-refractivity contribution in [3.05, 3.63) is 16.4 Å². The van der Waals surface area contributed by atoms with Gasteiger partial charge in [0.15, 0.2) is 0 Å². The molecule has 17 heavy (non-hydrogen) atoms. The molecule has 1 aromatic heterocycles. The average Bonchev–Trinajstić information content (AvgIpc) is 2.42. The predicted octanol–water partition coefficient (Wildman–Crippen LogP) is 2.46. The lowest BCUT2D eigenvalue weighted by atomic mass is 10.0. The maximum atomic E-state index is 12.3. The standard InChI is InChI=1S/C10H15ClF3N3/c1-6-8(9(11)17(3)16-6)4-7(15-2)5-10(12,13)14/h7,15H,4-5H2,1-3H3. The monoisotopic (exact) mass is 269 g/mol. The van der Waals surface area contributed by atoms with Crippen molar-refractivity contribution in [3.8, 4) is 0 Å². The minimum Gasteiger partial charge on any atom is -0.316 e. The number of likely N-dealkylation sites (N-methyl/N-ethyl adjacent to an activating group) is 1. The number of rotatable bonds is 4. The fourth-order valence-corrected chi connectivity index (χ4v) is 1.96. The summed E-state index contributed by atoms with van der Waals surface area (Å²) >= 11 is 5.98. The lowest BCUT2D eigenvalue weighted by Gasteiger charge is -2.17. The Labute approximate surface area is 103 Å². The average molecular weight is 270 g/mol. The number of halogens is 4. The molecule has 0 fully saturated rings. The normalized spacial score (nSPS) is 14.1. The van der Waals surface area contributed by atoms with Gasteiger partial charge in [0.2, 0.25) is 0 Å². The SMILES string of the molecule is CNC(Cc1c(C)nn(C)c1Cl)CC(F)(F)F. The molecular formula is C10H15ClF3N3. The van der Waals surface area contributed by atoms with E-state index in [0.717, 1.165) is 0 Å². The second kappa shape index (κ2) is 5.27. The molecule has 1 N–H and O–H groups in total. The van der Waals surface area contributed by atoms with E-state index in [0.29, 0.717) is 16.4 Å². The molecule has 0 aliphatic heterocycles. The van der Waals surface area contributed by atoms with Crippen LogP contribution < -0.4 is 5.32 Å². The van der Waals surface area contributed by atoms with Gasteiger partial charge in [-0.1, -0.05) is 11.6 Å².